The third kappa shape index (κ3) is 4.44. The van der Waals surface area contributed by atoms with Gasteiger partial charge in [0.2, 0.25) is 5.91 Å². The zero-order chi connectivity index (χ0) is 16.0. The maximum absolute atomic E-state index is 13.7. The first-order valence-electron chi connectivity index (χ1n) is 6.20. The fraction of sp³-hybridized carbons (Fsp3) is 0.308. The van der Waals surface area contributed by atoms with Crippen molar-refractivity contribution in [3.8, 4) is 0 Å². The van der Waals surface area contributed by atoms with Crippen molar-refractivity contribution in [1.29, 1.82) is 0 Å². The third-order valence-corrected chi connectivity index (χ3v) is 2.71. The van der Waals surface area contributed by atoms with Crippen molar-refractivity contribution in [2.75, 3.05) is 11.4 Å². The van der Waals surface area contributed by atoms with Gasteiger partial charge in [0.1, 0.15) is 11.9 Å². The van der Waals surface area contributed by atoms with Crippen molar-refractivity contribution >= 4 is 23.6 Å². The first kappa shape index (κ1) is 16.4. The van der Waals surface area contributed by atoms with Crippen molar-refractivity contribution in [3.63, 3.8) is 0 Å². The summed E-state index contributed by atoms with van der Waals surface area (Å²) < 4.78 is 13.7. The molecule has 8 heteroatoms. The molecule has 0 radical (unpaired) electrons. The molecule has 0 aliphatic heterocycles. The number of urea groups is 1. The highest BCUT2D eigenvalue weighted by atomic mass is 19.1. The molecular formula is C13H16FN3O4. The van der Waals surface area contributed by atoms with Crippen molar-refractivity contribution in [2.24, 2.45) is 5.73 Å². The number of carbonyl (C=O) groups excluding carboxylic acids is 2. The van der Waals surface area contributed by atoms with Crippen LogP contribution < -0.4 is 16.0 Å². The van der Waals surface area contributed by atoms with Gasteiger partial charge in [-0.25, -0.2) is 14.0 Å². The Balaban J connectivity index is 2.91. The number of carbonyl (C=O) groups is 3. The zero-order valence-electron chi connectivity index (χ0n) is 11.4. The van der Waals surface area contributed by atoms with Crippen molar-refractivity contribution in [1.82, 2.24) is 5.32 Å². The average molecular weight is 297 g/mol. The molecular weight excluding hydrogens is 281 g/mol. The van der Waals surface area contributed by atoms with E-state index in [1.165, 1.54) is 18.2 Å². The van der Waals surface area contributed by atoms with Gasteiger partial charge >= 0.3 is 12.0 Å². The summed E-state index contributed by atoms with van der Waals surface area (Å²) in [6, 6.07) is 3.31. The summed E-state index contributed by atoms with van der Waals surface area (Å²) in [6.45, 7) is 1.73. The normalized spacial score (nSPS) is 11.5. The molecule has 7 nitrogen and oxygen atoms in total. The number of carboxylic acid groups (broad SMARTS) is 1. The van der Waals surface area contributed by atoms with Gasteiger partial charge in [-0.15, -0.1) is 0 Å². The number of hydrogen-bond donors (Lipinski definition) is 3. The fourth-order valence-corrected chi connectivity index (χ4v) is 1.72. The summed E-state index contributed by atoms with van der Waals surface area (Å²) in [5, 5.41) is 11.1. The van der Waals surface area contributed by atoms with Crippen LogP contribution in [0.3, 0.4) is 0 Å². The smallest absolute Gasteiger partial charge is 0.326 e. The number of nitrogens with zero attached hydrogens (tertiary/aromatic N) is 1. The van der Waals surface area contributed by atoms with E-state index in [9.17, 15) is 18.8 Å². The summed E-state index contributed by atoms with van der Waals surface area (Å²) >= 11 is 0. The minimum Gasteiger partial charge on any atom is -0.480 e. The molecule has 1 rings (SSSR count). The number of para-hydroxylation sites is 1. The number of amides is 3. The molecule has 1 aromatic carbocycles. The average Bonchev–Trinajstić information content (AvgIpc) is 2.40. The molecule has 0 bridgehead atoms. The van der Waals surface area contributed by atoms with E-state index >= 15 is 0 Å². The van der Waals surface area contributed by atoms with Gasteiger partial charge in [0.15, 0.2) is 0 Å². The van der Waals surface area contributed by atoms with E-state index < -0.39 is 36.2 Å². The first-order valence-corrected chi connectivity index (χ1v) is 6.20. The SMILES string of the molecule is CCN(C(=O)N[C@H](CC(N)=O)C(=O)O)c1ccccc1F. The fourth-order valence-electron chi connectivity index (χ4n) is 1.72. The molecule has 0 saturated carbocycles. The maximum atomic E-state index is 13.7. The lowest BCUT2D eigenvalue weighted by Crippen LogP contribution is -2.49. The largest absolute Gasteiger partial charge is 0.480 e. The predicted molar refractivity (Wildman–Crippen MR) is 73.2 cm³/mol. The van der Waals surface area contributed by atoms with Crippen LogP contribution in [0.2, 0.25) is 0 Å². The topological polar surface area (TPSA) is 113 Å². The number of benzene rings is 1. The lowest BCUT2D eigenvalue weighted by Gasteiger charge is -2.24. The van der Waals surface area contributed by atoms with Crippen molar-refractivity contribution < 1.29 is 23.9 Å². The molecule has 0 unspecified atom stereocenters. The Morgan fingerprint density at radius 2 is 2.00 bits per heavy atom. The molecule has 3 amide bonds. The van der Waals surface area contributed by atoms with Crippen molar-refractivity contribution in [3.05, 3.63) is 30.1 Å². The Hall–Kier alpha value is -2.64. The van der Waals surface area contributed by atoms with E-state index in [1.807, 2.05) is 0 Å². The minimum atomic E-state index is -1.46. The van der Waals surface area contributed by atoms with Crippen molar-refractivity contribution in [2.45, 2.75) is 19.4 Å². The number of nitrogens with two attached hydrogens (primary N) is 1. The van der Waals surface area contributed by atoms with Gasteiger partial charge in [0, 0.05) is 6.54 Å². The molecule has 0 aliphatic rings. The molecule has 4 N–H and O–H groups in total. The third-order valence-electron chi connectivity index (χ3n) is 2.71. The molecule has 0 fully saturated rings. The molecule has 114 valence electrons. The van der Waals surface area contributed by atoms with E-state index in [0.29, 0.717) is 0 Å². The second-order valence-corrected chi connectivity index (χ2v) is 4.21. The Kier molecular flexibility index (Phi) is 5.65. The monoisotopic (exact) mass is 297 g/mol. The Morgan fingerprint density at radius 3 is 2.48 bits per heavy atom. The van der Waals surface area contributed by atoms with Gasteiger partial charge in [-0.05, 0) is 19.1 Å². The second-order valence-electron chi connectivity index (χ2n) is 4.21. The van der Waals surface area contributed by atoms with Crippen LogP contribution in [-0.2, 0) is 9.59 Å². The van der Waals surface area contributed by atoms with Gasteiger partial charge in [-0.2, -0.15) is 0 Å². The molecule has 0 aliphatic carbocycles. The number of halogens is 1. The van der Waals surface area contributed by atoms with Gasteiger partial charge in [0.05, 0.1) is 12.1 Å². The molecule has 21 heavy (non-hydrogen) atoms. The highest BCUT2D eigenvalue weighted by molar-refractivity contribution is 5.95. The highest BCUT2D eigenvalue weighted by Crippen LogP contribution is 2.18. The molecule has 1 atom stereocenters. The predicted octanol–water partition coefficient (Wildman–Crippen LogP) is 0.690. The summed E-state index contributed by atoms with van der Waals surface area (Å²) in [5.41, 5.74) is 4.94. The molecule has 0 heterocycles. The Bertz CT molecular complexity index is 550. The molecule has 0 spiro atoms. The second kappa shape index (κ2) is 7.22. The zero-order valence-corrected chi connectivity index (χ0v) is 11.4. The van der Waals surface area contributed by atoms with Gasteiger partial charge < -0.3 is 16.2 Å². The van der Waals surface area contributed by atoms with Gasteiger partial charge in [-0.1, -0.05) is 12.1 Å². The van der Waals surface area contributed by atoms with Crippen LogP contribution in [0, 0.1) is 5.82 Å². The summed E-state index contributed by atoms with van der Waals surface area (Å²) in [6.07, 6.45) is -0.546. The van der Waals surface area contributed by atoms with E-state index in [1.54, 1.807) is 13.0 Å². The van der Waals surface area contributed by atoms with Crippen LogP contribution in [-0.4, -0.2) is 35.6 Å². The Labute approximate surface area is 120 Å². The van der Waals surface area contributed by atoms with Crippen LogP contribution in [0.25, 0.3) is 0 Å². The van der Waals surface area contributed by atoms with E-state index in [-0.39, 0.29) is 12.2 Å². The number of primary amides is 1. The van der Waals surface area contributed by atoms with E-state index in [2.05, 4.69) is 5.32 Å². The number of rotatable bonds is 6. The summed E-state index contributed by atoms with van der Waals surface area (Å²) in [7, 11) is 0. The van der Waals surface area contributed by atoms with E-state index in [0.717, 1.165) is 4.90 Å². The lowest BCUT2D eigenvalue weighted by atomic mass is 10.2. The number of carboxylic acids is 1. The standard InChI is InChI=1S/C13H16FN3O4/c1-2-17(10-6-4-3-5-8(10)14)13(21)16-9(12(19)20)7-11(15)18/h3-6,9H,2,7H2,1H3,(H2,15,18)(H,16,21)(H,19,20)/t9-/m1/s1. The van der Waals surface area contributed by atoms with Crippen LogP contribution in [0.1, 0.15) is 13.3 Å². The number of aliphatic carboxylic acids is 1. The quantitative estimate of drug-likeness (QED) is 0.717. The number of hydrogen-bond acceptors (Lipinski definition) is 3. The van der Waals surface area contributed by atoms with Crippen LogP contribution in [0.4, 0.5) is 14.9 Å². The minimum absolute atomic E-state index is 0.0145. The lowest BCUT2D eigenvalue weighted by molar-refractivity contribution is -0.140. The van der Waals surface area contributed by atoms with Gasteiger partial charge in [0.25, 0.3) is 0 Å². The first-order chi connectivity index (χ1) is 9.86. The highest BCUT2D eigenvalue weighted by Gasteiger charge is 2.25. The summed E-state index contributed by atoms with van der Waals surface area (Å²) in [5.74, 6) is -2.88. The van der Waals surface area contributed by atoms with Crippen LogP contribution in [0.5, 0.6) is 0 Å². The summed E-state index contributed by atoms with van der Waals surface area (Å²) in [4.78, 5) is 34.9. The van der Waals surface area contributed by atoms with Crippen LogP contribution >= 0.6 is 0 Å². The Morgan fingerprint density at radius 1 is 1.38 bits per heavy atom. The van der Waals surface area contributed by atoms with E-state index in [4.69, 9.17) is 10.8 Å². The molecule has 0 saturated heterocycles. The van der Waals surface area contributed by atoms with Crippen LogP contribution in [0.15, 0.2) is 24.3 Å². The van der Waals surface area contributed by atoms with Gasteiger partial charge in [-0.3, -0.25) is 9.69 Å². The molecule has 1 aromatic rings. The molecule has 0 aromatic heterocycles. The number of nitrogens with one attached hydrogen (secondary N) is 1. The number of anilines is 1. The maximum Gasteiger partial charge on any atom is 0.326 e.